The zero-order valence-electron chi connectivity index (χ0n) is 14.8. The summed E-state index contributed by atoms with van der Waals surface area (Å²) in [5.74, 6) is 1.48. The quantitative estimate of drug-likeness (QED) is 0.584. The molecule has 0 aliphatic rings. The van der Waals surface area contributed by atoms with Crippen molar-refractivity contribution in [1.29, 1.82) is 0 Å². The van der Waals surface area contributed by atoms with Gasteiger partial charge in [0.15, 0.2) is 0 Å². The van der Waals surface area contributed by atoms with Crippen molar-refractivity contribution in [2.75, 3.05) is 6.54 Å². The molecule has 0 aromatic heterocycles. The fourth-order valence-corrected chi connectivity index (χ4v) is 3.79. The van der Waals surface area contributed by atoms with Crippen molar-refractivity contribution in [3.05, 3.63) is 34.4 Å². The summed E-state index contributed by atoms with van der Waals surface area (Å²) in [6.07, 6.45) is 7.69. The van der Waals surface area contributed by atoms with Gasteiger partial charge in [-0.25, -0.2) is 0 Å². The number of unbranched alkanes of at least 4 members (excludes halogenated alkanes) is 2. The monoisotopic (exact) mass is 289 g/mol. The molecule has 1 rings (SSSR count). The first-order valence-corrected chi connectivity index (χ1v) is 8.79. The molecule has 0 bridgehead atoms. The third kappa shape index (κ3) is 5.47. The van der Waals surface area contributed by atoms with E-state index >= 15 is 0 Å². The number of hydrogen-bond acceptors (Lipinski definition) is 1. The smallest absolute Gasteiger partial charge is 0.00773 e. The standard InChI is InChI=1S/C20H35N/c1-6-10-19(16(3)11-8-7-9-12-21)20-17(4)13-15(2)14-18(20)5/h13-14,16,19H,6-12,21H2,1-5H3. The Morgan fingerprint density at radius 2 is 1.57 bits per heavy atom. The van der Waals surface area contributed by atoms with Gasteiger partial charge in [-0.15, -0.1) is 0 Å². The fourth-order valence-electron chi connectivity index (χ4n) is 3.79. The molecule has 1 aromatic carbocycles. The first-order chi connectivity index (χ1) is 10.0. The van der Waals surface area contributed by atoms with E-state index in [0.717, 1.165) is 12.5 Å². The number of rotatable bonds is 9. The second-order valence-electron chi connectivity index (χ2n) is 6.82. The second kappa shape index (κ2) is 9.25. The zero-order chi connectivity index (χ0) is 15.8. The highest BCUT2D eigenvalue weighted by Crippen LogP contribution is 2.36. The van der Waals surface area contributed by atoms with Crippen molar-refractivity contribution in [3.63, 3.8) is 0 Å². The molecule has 2 unspecified atom stereocenters. The van der Waals surface area contributed by atoms with E-state index in [-0.39, 0.29) is 0 Å². The molecule has 2 atom stereocenters. The van der Waals surface area contributed by atoms with Gasteiger partial charge in [0.2, 0.25) is 0 Å². The highest BCUT2D eigenvalue weighted by molar-refractivity contribution is 5.40. The lowest BCUT2D eigenvalue weighted by atomic mass is 9.77. The molecule has 1 aromatic rings. The summed E-state index contributed by atoms with van der Waals surface area (Å²) in [4.78, 5) is 0. The number of hydrogen-bond donors (Lipinski definition) is 1. The Morgan fingerprint density at radius 1 is 0.952 bits per heavy atom. The summed E-state index contributed by atoms with van der Waals surface area (Å²) >= 11 is 0. The molecule has 2 N–H and O–H groups in total. The lowest BCUT2D eigenvalue weighted by molar-refractivity contribution is 0.386. The molecule has 0 heterocycles. The molecule has 0 saturated heterocycles. The Labute approximate surface area is 132 Å². The molecule has 1 heteroatoms. The normalized spacial score (nSPS) is 14.2. The molecular formula is C20H35N. The average molecular weight is 290 g/mol. The Balaban J connectivity index is 2.85. The van der Waals surface area contributed by atoms with Gasteiger partial charge in [-0.05, 0) is 68.7 Å². The van der Waals surface area contributed by atoms with Crippen LogP contribution >= 0.6 is 0 Å². The molecule has 0 aliphatic carbocycles. The highest BCUT2D eigenvalue weighted by Gasteiger charge is 2.21. The Morgan fingerprint density at radius 3 is 2.10 bits per heavy atom. The topological polar surface area (TPSA) is 26.0 Å². The Kier molecular flexibility index (Phi) is 8.03. The minimum atomic E-state index is 0.716. The minimum Gasteiger partial charge on any atom is -0.330 e. The number of benzene rings is 1. The van der Waals surface area contributed by atoms with Gasteiger partial charge < -0.3 is 5.73 Å². The Bertz CT molecular complexity index is 399. The maximum absolute atomic E-state index is 5.60. The fraction of sp³-hybridized carbons (Fsp3) is 0.700. The summed E-state index contributed by atoms with van der Waals surface area (Å²) < 4.78 is 0. The van der Waals surface area contributed by atoms with Crippen molar-refractivity contribution >= 4 is 0 Å². The molecule has 1 nitrogen and oxygen atoms in total. The van der Waals surface area contributed by atoms with Crippen LogP contribution in [0, 0.1) is 26.7 Å². The van der Waals surface area contributed by atoms with Crippen LogP contribution in [0.25, 0.3) is 0 Å². The van der Waals surface area contributed by atoms with Crippen LogP contribution in [-0.2, 0) is 0 Å². The first kappa shape index (κ1) is 18.2. The molecule has 0 radical (unpaired) electrons. The van der Waals surface area contributed by atoms with E-state index in [0.29, 0.717) is 5.92 Å². The molecular weight excluding hydrogens is 254 g/mol. The lowest BCUT2D eigenvalue weighted by Crippen LogP contribution is -2.13. The molecule has 0 spiro atoms. The Hall–Kier alpha value is -0.820. The van der Waals surface area contributed by atoms with E-state index in [4.69, 9.17) is 5.73 Å². The predicted molar refractivity (Wildman–Crippen MR) is 95.0 cm³/mol. The van der Waals surface area contributed by atoms with E-state index < -0.39 is 0 Å². The van der Waals surface area contributed by atoms with Crippen LogP contribution < -0.4 is 5.73 Å². The molecule has 0 fully saturated rings. The minimum absolute atomic E-state index is 0.716. The maximum Gasteiger partial charge on any atom is -0.00773 e. The predicted octanol–water partition coefficient (Wildman–Crippen LogP) is 5.65. The van der Waals surface area contributed by atoms with E-state index in [1.54, 1.807) is 5.56 Å². The highest BCUT2D eigenvalue weighted by atomic mass is 14.5. The van der Waals surface area contributed by atoms with E-state index in [1.807, 2.05) is 0 Å². The summed E-state index contributed by atoms with van der Waals surface area (Å²) in [5.41, 5.74) is 11.6. The van der Waals surface area contributed by atoms with E-state index in [1.165, 1.54) is 55.2 Å². The van der Waals surface area contributed by atoms with Crippen LogP contribution in [0.1, 0.15) is 80.5 Å². The SMILES string of the molecule is CCCC(c1c(C)cc(C)cc1C)C(C)CCCCCN. The maximum atomic E-state index is 5.60. The van der Waals surface area contributed by atoms with Gasteiger partial charge in [0, 0.05) is 0 Å². The van der Waals surface area contributed by atoms with Crippen LogP contribution in [0.3, 0.4) is 0 Å². The second-order valence-corrected chi connectivity index (χ2v) is 6.82. The van der Waals surface area contributed by atoms with Crippen LogP contribution in [0.4, 0.5) is 0 Å². The number of nitrogens with two attached hydrogens (primary N) is 1. The largest absolute Gasteiger partial charge is 0.330 e. The van der Waals surface area contributed by atoms with Crippen LogP contribution in [0.2, 0.25) is 0 Å². The third-order valence-corrected chi connectivity index (χ3v) is 4.76. The van der Waals surface area contributed by atoms with Crippen molar-refractivity contribution in [2.45, 2.75) is 79.1 Å². The average Bonchev–Trinajstić information content (AvgIpc) is 2.41. The summed E-state index contributed by atoms with van der Waals surface area (Å²) in [6.45, 7) is 12.4. The van der Waals surface area contributed by atoms with Crippen LogP contribution in [0.15, 0.2) is 12.1 Å². The third-order valence-electron chi connectivity index (χ3n) is 4.76. The van der Waals surface area contributed by atoms with Crippen molar-refractivity contribution in [1.82, 2.24) is 0 Å². The molecule has 0 saturated carbocycles. The van der Waals surface area contributed by atoms with Crippen LogP contribution in [-0.4, -0.2) is 6.54 Å². The van der Waals surface area contributed by atoms with Crippen molar-refractivity contribution in [3.8, 4) is 0 Å². The van der Waals surface area contributed by atoms with Crippen molar-refractivity contribution < 1.29 is 0 Å². The first-order valence-electron chi connectivity index (χ1n) is 8.79. The van der Waals surface area contributed by atoms with Crippen LogP contribution in [0.5, 0.6) is 0 Å². The molecule has 120 valence electrons. The van der Waals surface area contributed by atoms with Gasteiger partial charge in [-0.3, -0.25) is 0 Å². The molecule has 0 amide bonds. The van der Waals surface area contributed by atoms with Gasteiger partial charge in [0.25, 0.3) is 0 Å². The summed E-state index contributed by atoms with van der Waals surface area (Å²) in [7, 11) is 0. The zero-order valence-corrected chi connectivity index (χ0v) is 14.8. The lowest BCUT2D eigenvalue weighted by Gasteiger charge is -2.28. The van der Waals surface area contributed by atoms with Crippen molar-refractivity contribution in [2.24, 2.45) is 11.7 Å². The van der Waals surface area contributed by atoms with Gasteiger partial charge in [-0.1, -0.05) is 57.2 Å². The van der Waals surface area contributed by atoms with Gasteiger partial charge in [0.1, 0.15) is 0 Å². The van der Waals surface area contributed by atoms with Gasteiger partial charge in [-0.2, -0.15) is 0 Å². The van der Waals surface area contributed by atoms with E-state index in [9.17, 15) is 0 Å². The number of aryl methyl sites for hydroxylation is 3. The van der Waals surface area contributed by atoms with Gasteiger partial charge in [0.05, 0.1) is 0 Å². The van der Waals surface area contributed by atoms with Gasteiger partial charge >= 0.3 is 0 Å². The summed E-state index contributed by atoms with van der Waals surface area (Å²) in [5, 5.41) is 0. The summed E-state index contributed by atoms with van der Waals surface area (Å²) in [6, 6.07) is 4.71. The molecule has 0 aliphatic heterocycles. The van der Waals surface area contributed by atoms with E-state index in [2.05, 4.69) is 46.8 Å². The molecule has 21 heavy (non-hydrogen) atoms.